The van der Waals surface area contributed by atoms with Crippen LogP contribution in [0.25, 0.3) is 11.5 Å². The van der Waals surface area contributed by atoms with E-state index in [0.29, 0.717) is 16.9 Å². The van der Waals surface area contributed by atoms with Crippen molar-refractivity contribution < 1.29 is 17.6 Å². The summed E-state index contributed by atoms with van der Waals surface area (Å²) in [6, 6.07) is 3.13. The molecule has 1 aromatic heterocycles. The largest absolute Gasteiger partial charge is 0.419 e. The zero-order chi connectivity index (χ0) is 15.6. The van der Waals surface area contributed by atoms with Gasteiger partial charge in [-0.15, -0.1) is 10.2 Å². The highest BCUT2D eigenvalue weighted by molar-refractivity contribution is 9.10. The number of nitrogens with zero attached hydrogens (tertiary/aromatic N) is 2. The third-order valence-electron chi connectivity index (χ3n) is 2.85. The molecule has 1 heterocycles. The van der Waals surface area contributed by atoms with Crippen molar-refractivity contribution in [3.05, 3.63) is 34.1 Å². The lowest BCUT2D eigenvalue weighted by Gasteiger charge is -2.09. The van der Waals surface area contributed by atoms with Crippen molar-refractivity contribution in [1.82, 2.24) is 15.5 Å². The molecule has 21 heavy (non-hydrogen) atoms. The lowest BCUT2D eigenvalue weighted by Crippen LogP contribution is -2.17. The lowest BCUT2D eigenvalue weighted by atomic mass is 10.1. The average molecular weight is 364 g/mol. The summed E-state index contributed by atoms with van der Waals surface area (Å²) in [5.41, 5.74) is -0.549. The van der Waals surface area contributed by atoms with Crippen LogP contribution >= 0.6 is 15.9 Å². The molecule has 8 heteroatoms. The molecule has 1 atom stereocenters. The van der Waals surface area contributed by atoms with Crippen LogP contribution in [0.4, 0.5) is 13.2 Å². The number of aromatic nitrogens is 2. The predicted octanol–water partition coefficient (Wildman–Crippen LogP) is 4.19. The molecule has 1 N–H and O–H groups in total. The monoisotopic (exact) mass is 363 g/mol. The summed E-state index contributed by atoms with van der Waals surface area (Å²) in [6.07, 6.45) is -4.42. The molecule has 0 saturated carbocycles. The van der Waals surface area contributed by atoms with Gasteiger partial charge in [-0.1, -0.05) is 6.92 Å². The molecule has 0 radical (unpaired) electrons. The van der Waals surface area contributed by atoms with E-state index in [4.69, 9.17) is 4.42 Å². The van der Waals surface area contributed by atoms with Gasteiger partial charge in [-0.05, 0) is 47.6 Å². The Kier molecular flexibility index (Phi) is 4.67. The Morgan fingerprint density at radius 3 is 2.67 bits per heavy atom. The van der Waals surface area contributed by atoms with Crippen LogP contribution < -0.4 is 5.32 Å². The van der Waals surface area contributed by atoms with Crippen molar-refractivity contribution in [2.75, 3.05) is 6.54 Å². The Labute approximate surface area is 127 Å². The molecule has 2 aromatic rings. The fourth-order valence-electron chi connectivity index (χ4n) is 1.78. The number of halogens is 4. The van der Waals surface area contributed by atoms with Crippen LogP contribution in [0.5, 0.6) is 0 Å². The zero-order valence-electron chi connectivity index (χ0n) is 11.3. The van der Waals surface area contributed by atoms with Crippen molar-refractivity contribution in [2.24, 2.45) is 0 Å². The third kappa shape index (κ3) is 3.62. The standard InChI is InChI=1S/C13H13BrF3N3O/c1-3-18-7(2)11-19-20-12(21-11)9-6-8(13(15,16)17)4-5-10(9)14/h4-7,18H,3H2,1-2H3. The van der Waals surface area contributed by atoms with Gasteiger partial charge in [-0.25, -0.2) is 0 Å². The first-order valence-electron chi connectivity index (χ1n) is 6.26. The average Bonchev–Trinajstić information content (AvgIpc) is 2.87. The Morgan fingerprint density at radius 1 is 1.33 bits per heavy atom. The van der Waals surface area contributed by atoms with E-state index in [1.807, 2.05) is 13.8 Å². The maximum atomic E-state index is 12.8. The van der Waals surface area contributed by atoms with Crippen LogP contribution in [-0.4, -0.2) is 16.7 Å². The third-order valence-corrected chi connectivity index (χ3v) is 3.54. The summed E-state index contributed by atoms with van der Waals surface area (Å²) in [7, 11) is 0. The number of benzene rings is 1. The van der Waals surface area contributed by atoms with Gasteiger partial charge in [0.25, 0.3) is 0 Å². The summed E-state index contributed by atoms with van der Waals surface area (Å²) < 4.78 is 44.2. The van der Waals surface area contributed by atoms with Crippen molar-refractivity contribution in [2.45, 2.75) is 26.1 Å². The summed E-state index contributed by atoms with van der Waals surface area (Å²) >= 11 is 3.20. The highest BCUT2D eigenvalue weighted by Gasteiger charge is 2.31. The highest BCUT2D eigenvalue weighted by atomic mass is 79.9. The fourth-order valence-corrected chi connectivity index (χ4v) is 2.19. The van der Waals surface area contributed by atoms with Gasteiger partial charge in [0, 0.05) is 4.47 Å². The molecule has 0 fully saturated rings. The van der Waals surface area contributed by atoms with Crippen molar-refractivity contribution in [3.63, 3.8) is 0 Å². The van der Waals surface area contributed by atoms with E-state index >= 15 is 0 Å². The van der Waals surface area contributed by atoms with E-state index in [2.05, 4.69) is 31.4 Å². The van der Waals surface area contributed by atoms with Crippen LogP contribution in [0.2, 0.25) is 0 Å². The predicted molar refractivity (Wildman–Crippen MR) is 74.5 cm³/mol. The Bertz CT molecular complexity index is 627. The molecule has 4 nitrogen and oxygen atoms in total. The highest BCUT2D eigenvalue weighted by Crippen LogP contribution is 2.35. The van der Waals surface area contributed by atoms with Crippen LogP contribution in [0.1, 0.15) is 31.3 Å². The molecule has 1 unspecified atom stereocenters. The van der Waals surface area contributed by atoms with E-state index in [9.17, 15) is 13.2 Å². The molecule has 0 amide bonds. The van der Waals surface area contributed by atoms with Crippen molar-refractivity contribution in [1.29, 1.82) is 0 Å². The number of rotatable bonds is 4. The van der Waals surface area contributed by atoms with Gasteiger partial charge >= 0.3 is 6.18 Å². The SMILES string of the molecule is CCNC(C)c1nnc(-c2cc(C(F)(F)F)ccc2Br)o1. The Hall–Kier alpha value is -1.41. The smallest absolute Gasteiger partial charge is 0.416 e. The first-order valence-corrected chi connectivity index (χ1v) is 7.06. The molecule has 0 aliphatic rings. The molecular formula is C13H13BrF3N3O. The summed E-state index contributed by atoms with van der Waals surface area (Å²) in [4.78, 5) is 0. The second-order valence-electron chi connectivity index (χ2n) is 4.42. The van der Waals surface area contributed by atoms with Gasteiger partial charge < -0.3 is 9.73 Å². The molecule has 0 spiro atoms. The first-order chi connectivity index (χ1) is 9.82. The van der Waals surface area contributed by atoms with E-state index in [1.165, 1.54) is 6.07 Å². The van der Waals surface area contributed by atoms with Crippen LogP contribution in [0.3, 0.4) is 0 Å². The number of hydrogen-bond acceptors (Lipinski definition) is 4. The summed E-state index contributed by atoms with van der Waals surface area (Å²) in [6.45, 7) is 4.48. The quantitative estimate of drug-likeness (QED) is 0.884. The molecule has 1 aromatic carbocycles. The molecule has 2 rings (SSSR count). The second kappa shape index (κ2) is 6.15. The zero-order valence-corrected chi connectivity index (χ0v) is 12.9. The minimum Gasteiger partial charge on any atom is -0.419 e. The molecule has 114 valence electrons. The molecule has 0 aliphatic carbocycles. The van der Waals surface area contributed by atoms with Crippen LogP contribution in [0.15, 0.2) is 27.1 Å². The van der Waals surface area contributed by atoms with E-state index in [-0.39, 0.29) is 17.5 Å². The normalized spacial score (nSPS) is 13.4. The van der Waals surface area contributed by atoms with Gasteiger partial charge in [-0.3, -0.25) is 0 Å². The fraction of sp³-hybridized carbons (Fsp3) is 0.385. The number of hydrogen-bond donors (Lipinski definition) is 1. The summed E-state index contributed by atoms with van der Waals surface area (Å²) in [5.74, 6) is 0.379. The minimum absolute atomic E-state index is 0.0488. The molecule has 0 saturated heterocycles. The van der Waals surface area contributed by atoms with Crippen LogP contribution in [0, 0.1) is 0 Å². The second-order valence-corrected chi connectivity index (χ2v) is 5.27. The molecule has 0 aliphatic heterocycles. The van der Waals surface area contributed by atoms with E-state index in [1.54, 1.807) is 0 Å². The van der Waals surface area contributed by atoms with Gasteiger partial charge in [0.1, 0.15) is 0 Å². The molecular weight excluding hydrogens is 351 g/mol. The van der Waals surface area contributed by atoms with E-state index in [0.717, 1.165) is 12.1 Å². The Morgan fingerprint density at radius 2 is 2.05 bits per heavy atom. The number of nitrogens with one attached hydrogen (secondary N) is 1. The van der Waals surface area contributed by atoms with E-state index < -0.39 is 11.7 Å². The van der Waals surface area contributed by atoms with Crippen molar-refractivity contribution >= 4 is 15.9 Å². The van der Waals surface area contributed by atoms with Gasteiger partial charge in [-0.2, -0.15) is 13.2 Å². The van der Waals surface area contributed by atoms with Crippen molar-refractivity contribution in [3.8, 4) is 11.5 Å². The minimum atomic E-state index is -4.42. The number of alkyl halides is 3. The van der Waals surface area contributed by atoms with Gasteiger partial charge in [0.15, 0.2) is 0 Å². The molecule has 0 bridgehead atoms. The lowest BCUT2D eigenvalue weighted by molar-refractivity contribution is -0.137. The first kappa shape index (κ1) is 16.0. The van der Waals surface area contributed by atoms with Gasteiger partial charge in [0.2, 0.25) is 11.8 Å². The van der Waals surface area contributed by atoms with Gasteiger partial charge in [0.05, 0.1) is 17.2 Å². The maximum Gasteiger partial charge on any atom is 0.416 e. The summed E-state index contributed by atoms with van der Waals surface area (Å²) in [5, 5.41) is 10.8. The van der Waals surface area contributed by atoms with Crippen LogP contribution in [-0.2, 0) is 6.18 Å². The maximum absolute atomic E-state index is 12.8. The topological polar surface area (TPSA) is 51.0 Å². The Balaban J connectivity index is 2.38.